The van der Waals surface area contributed by atoms with Crippen LogP contribution in [0.2, 0.25) is 6.04 Å². The van der Waals surface area contributed by atoms with Crippen LogP contribution in [0.3, 0.4) is 0 Å². The highest BCUT2D eigenvalue weighted by Gasteiger charge is 2.42. The zero-order valence-electron chi connectivity index (χ0n) is 19.9. The molecular weight excluding hydrogens is 463 g/mol. The van der Waals surface area contributed by atoms with Gasteiger partial charge in [-0.05, 0) is 98.4 Å². The van der Waals surface area contributed by atoms with Gasteiger partial charge in [0.2, 0.25) is 0 Å². The third kappa shape index (κ3) is 5.50. The van der Waals surface area contributed by atoms with Gasteiger partial charge in [-0.15, -0.1) is 0 Å². The molecule has 186 valence electrons. The van der Waals surface area contributed by atoms with E-state index in [0.29, 0.717) is 11.5 Å². The third-order valence-electron chi connectivity index (χ3n) is 8.12. The van der Waals surface area contributed by atoms with Gasteiger partial charge in [-0.25, -0.2) is 13.2 Å². The average molecular weight is 497 g/mol. The summed E-state index contributed by atoms with van der Waals surface area (Å²) < 4.78 is 77.1. The molecule has 0 aliphatic heterocycles. The van der Waals surface area contributed by atoms with E-state index in [1.807, 2.05) is 0 Å². The van der Waals surface area contributed by atoms with E-state index in [-0.39, 0.29) is 11.5 Å². The summed E-state index contributed by atoms with van der Waals surface area (Å²) in [7, 11) is 1.27. The number of rotatable bonds is 6. The molecule has 0 N–H and O–H groups in total. The molecule has 4 rings (SSSR count). The fourth-order valence-corrected chi connectivity index (χ4v) is 6.75. The maximum Gasteiger partial charge on any atom is 0.432 e. The molecule has 0 saturated heterocycles. The highest BCUT2D eigenvalue weighted by atomic mass is 28.1. The molecule has 0 amide bonds. The quantitative estimate of drug-likeness (QED) is 0.299. The molecule has 1 nitrogen and oxygen atoms in total. The minimum Gasteiger partial charge on any atom is -0.429 e. The largest absolute Gasteiger partial charge is 0.432 e. The highest BCUT2D eigenvalue weighted by molar-refractivity contribution is 6.08. The molecule has 7 heteroatoms. The van der Waals surface area contributed by atoms with Crippen molar-refractivity contribution in [2.24, 2.45) is 17.8 Å². The average Bonchev–Trinajstić information content (AvgIpc) is 2.81. The Morgan fingerprint density at radius 2 is 1.38 bits per heavy atom. The van der Waals surface area contributed by atoms with E-state index < -0.39 is 34.9 Å². The maximum atomic E-state index is 14.8. The first kappa shape index (κ1) is 25.2. The van der Waals surface area contributed by atoms with Crippen LogP contribution in [-0.2, 0) is 6.11 Å². The lowest BCUT2D eigenvalue weighted by Crippen LogP contribution is -2.26. The number of aryl methyl sites for hydroxylation is 1. The summed E-state index contributed by atoms with van der Waals surface area (Å²) in [6.07, 6.45) is 4.65. The van der Waals surface area contributed by atoms with E-state index in [2.05, 4.69) is 4.74 Å². The van der Waals surface area contributed by atoms with Crippen LogP contribution < -0.4 is 4.74 Å². The van der Waals surface area contributed by atoms with Crippen molar-refractivity contribution in [1.29, 1.82) is 0 Å². The monoisotopic (exact) mass is 496 g/mol. The second-order valence-corrected chi connectivity index (χ2v) is 11.0. The molecule has 2 fully saturated rings. The molecule has 0 heterocycles. The second-order valence-electron chi connectivity index (χ2n) is 10.2. The van der Waals surface area contributed by atoms with Crippen molar-refractivity contribution >= 4 is 10.2 Å². The van der Waals surface area contributed by atoms with Gasteiger partial charge in [0.1, 0.15) is 28.8 Å². The molecule has 0 unspecified atom stereocenters. The van der Waals surface area contributed by atoms with Crippen molar-refractivity contribution in [2.45, 2.75) is 76.4 Å². The maximum absolute atomic E-state index is 14.8. The first-order chi connectivity index (χ1) is 16.2. The normalized spacial score (nSPS) is 25.9. The Labute approximate surface area is 201 Å². The van der Waals surface area contributed by atoms with Crippen LogP contribution in [0.15, 0.2) is 30.3 Å². The molecule has 0 radical (unpaired) electrons. The van der Waals surface area contributed by atoms with E-state index in [4.69, 9.17) is 0 Å². The van der Waals surface area contributed by atoms with Gasteiger partial charge in [-0.2, -0.15) is 8.78 Å². The Morgan fingerprint density at radius 1 is 0.824 bits per heavy atom. The van der Waals surface area contributed by atoms with Crippen molar-refractivity contribution in [3.8, 4) is 5.75 Å². The van der Waals surface area contributed by atoms with Crippen molar-refractivity contribution in [2.75, 3.05) is 0 Å². The third-order valence-corrected chi connectivity index (χ3v) is 9.28. The van der Waals surface area contributed by atoms with Gasteiger partial charge in [0.15, 0.2) is 0 Å². The van der Waals surface area contributed by atoms with Gasteiger partial charge < -0.3 is 4.74 Å². The molecule has 2 saturated carbocycles. The number of ether oxygens (including phenoxy) is 1. The first-order valence-corrected chi connectivity index (χ1v) is 13.9. The van der Waals surface area contributed by atoms with E-state index in [1.54, 1.807) is 0 Å². The Bertz CT molecular complexity index is 972. The summed E-state index contributed by atoms with van der Waals surface area (Å²) in [6, 6.07) is 6.62. The van der Waals surface area contributed by atoms with Crippen molar-refractivity contribution in [1.82, 2.24) is 0 Å². The predicted octanol–water partition coefficient (Wildman–Crippen LogP) is 7.40. The molecular formula is C27H33F5OSi. The van der Waals surface area contributed by atoms with Crippen LogP contribution in [0, 0.1) is 42.1 Å². The SMILES string of the molecule is Cc1ccc(OC(F)(F)c2c(F)cc(C3CCC(C4CCC(C[SiH3])CC4)CC3)cc2F)cc1F. The number of hydrogen-bond donors (Lipinski definition) is 0. The molecule has 0 bridgehead atoms. The Kier molecular flexibility index (Phi) is 7.70. The second kappa shape index (κ2) is 10.4. The first-order valence-electron chi connectivity index (χ1n) is 12.5. The fraction of sp³-hybridized carbons (Fsp3) is 0.556. The van der Waals surface area contributed by atoms with Gasteiger partial charge in [-0.3, -0.25) is 0 Å². The molecule has 2 aliphatic carbocycles. The fourth-order valence-electron chi connectivity index (χ4n) is 5.93. The Balaban J connectivity index is 1.43. The molecule has 2 aliphatic rings. The lowest BCUT2D eigenvalue weighted by Gasteiger charge is -2.38. The minimum atomic E-state index is -4.27. The topological polar surface area (TPSA) is 9.23 Å². The van der Waals surface area contributed by atoms with E-state index in [0.717, 1.165) is 61.8 Å². The van der Waals surface area contributed by atoms with Crippen LogP contribution >= 0.6 is 0 Å². The van der Waals surface area contributed by atoms with Crippen LogP contribution in [0.5, 0.6) is 5.75 Å². The van der Waals surface area contributed by atoms with Gasteiger partial charge in [0.25, 0.3) is 0 Å². The minimum absolute atomic E-state index is 0.0342. The molecule has 0 atom stereocenters. The smallest absolute Gasteiger partial charge is 0.429 e. The van der Waals surface area contributed by atoms with Gasteiger partial charge in [0.05, 0.1) is 0 Å². The van der Waals surface area contributed by atoms with Crippen LogP contribution in [0.25, 0.3) is 0 Å². The lowest BCUT2D eigenvalue weighted by molar-refractivity contribution is -0.189. The Hall–Kier alpha value is -1.89. The highest BCUT2D eigenvalue weighted by Crippen LogP contribution is 2.45. The molecule has 2 aromatic carbocycles. The molecule has 0 aromatic heterocycles. The number of hydrogen-bond acceptors (Lipinski definition) is 1. The summed E-state index contributed by atoms with van der Waals surface area (Å²) in [6.45, 7) is 1.47. The Morgan fingerprint density at radius 3 is 1.91 bits per heavy atom. The van der Waals surface area contributed by atoms with Crippen LogP contribution in [0.1, 0.15) is 74.0 Å². The zero-order valence-corrected chi connectivity index (χ0v) is 21.9. The zero-order chi connectivity index (χ0) is 24.5. The van der Waals surface area contributed by atoms with Crippen molar-refractivity contribution < 1.29 is 26.7 Å². The van der Waals surface area contributed by atoms with E-state index in [1.165, 1.54) is 55.0 Å². The van der Waals surface area contributed by atoms with Crippen LogP contribution in [-0.4, -0.2) is 10.2 Å². The predicted molar refractivity (Wildman–Crippen MR) is 127 cm³/mol. The summed E-state index contributed by atoms with van der Waals surface area (Å²) in [4.78, 5) is 0. The summed E-state index contributed by atoms with van der Waals surface area (Å²) >= 11 is 0. The van der Waals surface area contributed by atoms with Crippen molar-refractivity contribution in [3.05, 3.63) is 64.5 Å². The molecule has 34 heavy (non-hydrogen) atoms. The molecule has 2 aromatic rings. The molecule has 0 spiro atoms. The summed E-state index contributed by atoms with van der Waals surface area (Å²) in [5.74, 6) is -1.61. The standard InChI is InChI=1S/C27H33F5OSi/c1-16-2-11-22(14-23(16)28)33-27(31,32)26-24(29)12-21(13-25(26)30)20-9-7-19(8-10-20)18-5-3-17(15-34)4-6-18/h2,11-14,17-20H,3-10,15H2,1,34H3. The van der Waals surface area contributed by atoms with E-state index >= 15 is 0 Å². The number of halogens is 5. The van der Waals surface area contributed by atoms with Crippen molar-refractivity contribution in [3.63, 3.8) is 0 Å². The van der Waals surface area contributed by atoms with Gasteiger partial charge in [-0.1, -0.05) is 25.0 Å². The number of alkyl halides is 2. The number of benzene rings is 2. The summed E-state index contributed by atoms with van der Waals surface area (Å²) in [5.41, 5.74) is -0.766. The van der Waals surface area contributed by atoms with Gasteiger partial charge in [0, 0.05) is 16.3 Å². The lowest BCUT2D eigenvalue weighted by atomic mass is 9.68. The van der Waals surface area contributed by atoms with E-state index in [9.17, 15) is 22.0 Å². The van der Waals surface area contributed by atoms with Gasteiger partial charge >= 0.3 is 6.11 Å². The summed E-state index contributed by atoms with van der Waals surface area (Å²) in [5, 5.41) is 0. The van der Waals surface area contributed by atoms with Crippen LogP contribution in [0.4, 0.5) is 22.0 Å².